The first-order chi connectivity index (χ1) is 10.4. The SMILES string of the molecule is CCCC(C)CCCC(C)CCC(C)C(C)CCCC(C)C. The first kappa shape index (κ1) is 22.0. The third-order valence-electron chi connectivity index (χ3n) is 5.70. The third kappa shape index (κ3) is 12.5. The van der Waals surface area contributed by atoms with Crippen molar-refractivity contribution in [2.75, 3.05) is 0 Å². The molecule has 0 radical (unpaired) electrons. The van der Waals surface area contributed by atoms with Crippen LogP contribution in [0.1, 0.15) is 113 Å². The van der Waals surface area contributed by atoms with E-state index in [1.165, 1.54) is 64.2 Å². The van der Waals surface area contributed by atoms with Gasteiger partial charge in [0.05, 0.1) is 0 Å². The summed E-state index contributed by atoms with van der Waals surface area (Å²) in [5.41, 5.74) is 0. The predicted molar refractivity (Wildman–Crippen MR) is 103 cm³/mol. The minimum absolute atomic E-state index is 0.873. The monoisotopic (exact) mass is 310 g/mol. The van der Waals surface area contributed by atoms with Gasteiger partial charge in [-0.25, -0.2) is 0 Å². The first-order valence-corrected chi connectivity index (χ1v) is 10.4. The van der Waals surface area contributed by atoms with E-state index in [1.807, 2.05) is 0 Å². The molecular formula is C22H46. The van der Waals surface area contributed by atoms with Crippen LogP contribution < -0.4 is 0 Å². The van der Waals surface area contributed by atoms with Crippen molar-refractivity contribution in [3.63, 3.8) is 0 Å². The topological polar surface area (TPSA) is 0 Å². The quantitative estimate of drug-likeness (QED) is 0.304. The summed E-state index contributed by atoms with van der Waals surface area (Å²) >= 11 is 0. The highest BCUT2D eigenvalue weighted by molar-refractivity contribution is 4.66. The minimum atomic E-state index is 0.873. The Kier molecular flexibility index (Phi) is 13.4. The van der Waals surface area contributed by atoms with Gasteiger partial charge in [-0.3, -0.25) is 0 Å². The normalized spacial score (nSPS) is 17.5. The summed E-state index contributed by atoms with van der Waals surface area (Å²) < 4.78 is 0. The Morgan fingerprint density at radius 1 is 0.500 bits per heavy atom. The van der Waals surface area contributed by atoms with Crippen molar-refractivity contribution in [3.05, 3.63) is 0 Å². The highest BCUT2D eigenvalue weighted by atomic mass is 14.2. The molecule has 0 aliphatic carbocycles. The fourth-order valence-electron chi connectivity index (χ4n) is 3.56. The molecule has 0 saturated heterocycles. The lowest BCUT2D eigenvalue weighted by molar-refractivity contribution is 0.297. The Bertz CT molecular complexity index is 230. The van der Waals surface area contributed by atoms with Gasteiger partial charge < -0.3 is 0 Å². The molecule has 0 aliphatic heterocycles. The first-order valence-electron chi connectivity index (χ1n) is 10.4. The Morgan fingerprint density at radius 2 is 1.00 bits per heavy atom. The van der Waals surface area contributed by atoms with Crippen LogP contribution in [-0.4, -0.2) is 0 Å². The molecule has 0 heterocycles. The third-order valence-corrected chi connectivity index (χ3v) is 5.70. The lowest BCUT2D eigenvalue weighted by atomic mass is 9.84. The molecule has 134 valence electrons. The summed E-state index contributed by atoms with van der Waals surface area (Å²) in [6.07, 6.45) is 14.2. The number of hydrogen-bond donors (Lipinski definition) is 0. The average molecular weight is 311 g/mol. The molecule has 0 aliphatic rings. The van der Waals surface area contributed by atoms with E-state index in [4.69, 9.17) is 0 Å². The maximum absolute atomic E-state index is 2.48. The number of rotatable bonds is 14. The molecule has 4 unspecified atom stereocenters. The molecule has 0 saturated carbocycles. The highest BCUT2D eigenvalue weighted by Crippen LogP contribution is 2.26. The van der Waals surface area contributed by atoms with E-state index in [9.17, 15) is 0 Å². The minimum Gasteiger partial charge on any atom is -0.0654 e. The van der Waals surface area contributed by atoms with Gasteiger partial charge >= 0.3 is 0 Å². The smallest absolute Gasteiger partial charge is 0.0417 e. The zero-order valence-electron chi connectivity index (χ0n) is 17.0. The largest absolute Gasteiger partial charge is 0.0654 e. The lowest BCUT2D eigenvalue weighted by Crippen LogP contribution is -2.10. The molecule has 0 aromatic rings. The Morgan fingerprint density at radius 3 is 1.55 bits per heavy atom. The van der Waals surface area contributed by atoms with Crippen molar-refractivity contribution in [2.45, 2.75) is 113 Å². The summed E-state index contributed by atoms with van der Waals surface area (Å²) in [5.74, 6) is 4.57. The summed E-state index contributed by atoms with van der Waals surface area (Å²) in [5, 5.41) is 0. The van der Waals surface area contributed by atoms with Gasteiger partial charge in [0.2, 0.25) is 0 Å². The molecule has 0 N–H and O–H groups in total. The molecule has 0 spiro atoms. The van der Waals surface area contributed by atoms with Gasteiger partial charge in [-0.2, -0.15) is 0 Å². The lowest BCUT2D eigenvalue weighted by Gasteiger charge is -2.22. The van der Waals surface area contributed by atoms with Crippen molar-refractivity contribution in [1.29, 1.82) is 0 Å². The molecule has 0 heteroatoms. The Hall–Kier alpha value is 0. The van der Waals surface area contributed by atoms with Gasteiger partial charge in [-0.15, -0.1) is 0 Å². The zero-order valence-corrected chi connectivity index (χ0v) is 17.0. The van der Waals surface area contributed by atoms with Crippen LogP contribution in [0.15, 0.2) is 0 Å². The molecular weight excluding hydrogens is 264 g/mol. The second-order valence-corrected chi connectivity index (χ2v) is 8.79. The predicted octanol–water partition coefficient (Wildman–Crippen LogP) is 8.11. The van der Waals surface area contributed by atoms with Crippen LogP contribution >= 0.6 is 0 Å². The van der Waals surface area contributed by atoms with E-state index < -0.39 is 0 Å². The molecule has 0 bridgehead atoms. The van der Waals surface area contributed by atoms with Crippen LogP contribution in [0.2, 0.25) is 0 Å². The van der Waals surface area contributed by atoms with Crippen LogP contribution in [0.3, 0.4) is 0 Å². The van der Waals surface area contributed by atoms with E-state index in [2.05, 4.69) is 48.5 Å². The van der Waals surface area contributed by atoms with Crippen molar-refractivity contribution >= 4 is 0 Å². The molecule has 0 amide bonds. The molecule has 0 aromatic carbocycles. The zero-order chi connectivity index (χ0) is 17.0. The van der Waals surface area contributed by atoms with Crippen LogP contribution in [0, 0.1) is 29.6 Å². The van der Waals surface area contributed by atoms with Crippen molar-refractivity contribution < 1.29 is 0 Å². The standard InChI is InChI=1S/C22H46/c1-8-11-19(4)13-10-14-20(5)16-17-22(7)21(6)15-9-12-18(2)3/h18-22H,8-17H2,1-7H3. The van der Waals surface area contributed by atoms with Crippen LogP contribution in [0.5, 0.6) is 0 Å². The van der Waals surface area contributed by atoms with Gasteiger partial charge in [0.15, 0.2) is 0 Å². The Labute approximate surface area is 142 Å². The summed E-state index contributed by atoms with van der Waals surface area (Å²) in [6, 6.07) is 0. The molecule has 22 heavy (non-hydrogen) atoms. The molecule has 0 nitrogen and oxygen atoms in total. The van der Waals surface area contributed by atoms with E-state index in [0.29, 0.717) is 0 Å². The average Bonchev–Trinajstić information content (AvgIpc) is 2.44. The summed E-state index contributed by atoms with van der Waals surface area (Å²) in [7, 11) is 0. The van der Waals surface area contributed by atoms with Gasteiger partial charge in [0, 0.05) is 0 Å². The van der Waals surface area contributed by atoms with E-state index in [-0.39, 0.29) is 0 Å². The van der Waals surface area contributed by atoms with Crippen LogP contribution in [0.4, 0.5) is 0 Å². The fourth-order valence-corrected chi connectivity index (χ4v) is 3.56. The molecule has 0 aromatic heterocycles. The summed E-state index contributed by atoms with van der Waals surface area (Å²) in [4.78, 5) is 0. The van der Waals surface area contributed by atoms with Gasteiger partial charge in [0.25, 0.3) is 0 Å². The second-order valence-electron chi connectivity index (χ2n) is 8.79. The highest BCUT2D eigenvalue weighted by Gasteiger charge is 2.14. The maximum atomic E-state index is 2.48. The molecule has 0 rings (SSSR count). The summed E-state index contributed by atoms with van der Waals surface area (Å²) in [6.45, 7) is 16.9. The second kappa shape index (κ2) is 13.4. The maximum Gasteiger partial charge on any atom is -0.0417 e. The van der Waals surface area contributed by atoms with Crippen molar-refractivity contribution in [1.82, 2.24) is 0 Å². The van der Waals surface area contributed by atoms with E-state index >= 15 is 0 Å². The van der Waals surface area contributed by atoms with E-state index in [1.54, 1.807) is 0 Å². The van der Waals surface area contributed by atoms with Crippen molar-refractivity contribution in [2.24, 2.45) is 29.6 Å². The van der Waals surface area contributed by atoms with Crippen LogP contribution in [0.25, 0.3) is 0 Å². The fraction of sp³-hybridized carbons (Fsp3) is 1.00. The van der Waals surface area contributed by atoms with Crippen LogP contribution in [-0.2, 0) is 0 Å². The molecule has 0 fully saturated rings. The van der Waals surface area contributed by atoms with Gasteiger partial charge in [0.1, 0.15) is 0 Å². The Balaban J connectivity index is 3.68. The van der Waals surface area contributed by atoms with Crippen molar-refractivity contribution in [3.8, 4) is 0 Å². The van der Waals surface area contributed by atoms with Gasteiger partial charge in [-0.1, -0.05) is 113 Å². The molecule has 4 atom stereocenters. The van der Waals surface area contributed by atoms with E-state index in [0.717, 1.165) is 29.6 Å². The number of hydrogen-bond acceptors (Lipinski definition) is 0. The van der Waals surface area contributed by atoms with Gasteiger partial charge in [-0.05, 0) is 29.6 Å².